The summed E-state index contributed by atoms with van der Waals surface area (Å²) in [7, 11) is -3.41. The lowest BCUT2D eigenvalue weighted by molar-refractivity contribution is 0.204. The Kier molecular flexibility index (Phi) is 5.46. The van der Waals surface area contributed by atoms with Crippen LogP contribution in [-0.2, 0) is 16.6 Å². The molecular formula is C15H26N2O2S2. The van der Waals surface area contributed by atoms with Gasteiger partial charge in [0.2, 0.25) is 10.0 Å². The maximum atomic E-state index is 13.2. The van der Waals surface area contributed by atoms with Gasteiger partial charge in [-0.25, -0.2) is 8.42 Å². The van der Waals surface area contributed by atoms with E-state index in [4.69, 9.17) is 0 Å². The van der Waals surface area contributed by atoms with Gasteiger partial charge < -0.3 is 5.32 Å². The molecule has 1 aliphatic rings. The number of rotatable bonds is 5. The van der Waals surface area contributed by atoms with Crippen LogP contribution < -0.4 is 5.32 Å². The molecule has 6 heteroatoms. The summed E-state index contributed by atoms with van der Waals surface area (Å²) in [5.41, 5.74) is 0.873. The molecule has 4 nitrogen and oxygen atoms in total. The molecule has 1 aliphatic heterocycles. The number of hydrogen-bond donors (Lipinski definition) is 1. The first kappa shape index (κ1) is 16.9. The van der Waals surface area contributed by atoms with Crippen LogP contribution in [0, 0.1) is 6.92 Å². The van der Waals surface area contributed by atoms with Gasteiger partial charge in [-0.05, 0) is 51.1 Å². The summed E-state index contributed by atoms with van der Waals surface area (Å²) in [6.45, 7) is 9.45. The number of nitrogens with zero attached hydrogens (tertiary/aromatic N) is 1. The minimum Gasteiger partial charge on any atom is -0.312 e. The molecule has 120 valence electrons. The summed E-state index contributed by atoms with van der Waals surface area (Å²) in [4.78, 5) is 1.47. The van der Waals surface area contributed by atoms with Crippen LogP contribution in [0.1, 0.15) is 50.5 Å². The van der Waals surface area contributed by atoms with E-state index in [0.717, 1.165) is 36.2 Å². The number of hydrogen-bond acceptors (Lipinski definition) is 4. The fourth-order valence-corrected chi connectivity index (χ4v) is 6.79. The zero-order valence-corrected chi connectivity index (χ0v) is 15.0. The van der Waals surface area contributed by atoms with Gasteiger partial charge in [-0.15, -0.1) is 11.3 Å². The van der Waals surface area contributed by atoms with E-state index in [2.05, 4.69) is 5.32 Å². The monoisotopic (exact) mass is 330 g/mol. The third-order valence-corrected chi connectivity index (χ3v) is 7.77. The molecule has 0 bridgehead atoms. The van der Waals surface area contributed by atoms with Gasteiger partial charge in [0.05, 0.1) is 0 Å². The second-order valence-corrected chi connectivity index (χ2v) is 8.66. The van der Waals surface area contributed by atoms with Gasteiger partial charge in [0, 0.05) is 23.5 Å². The van der Waals surface area contributed by atoms with Crippen LogP contribution in [0.5, 0.6) is 0 Å². The fraction of sp³-hybridized carbons (Fsp3) is 0.733. The summed E-state index contributed by atoms with van der Waals surface area (Å²) >= 11 is 1.54. The first-order valence-corrected chi connectivity index (χ1v) is 10.0. The zero-order chi connectivity index (χ0) is 15.6. The highest BCUT2D eigenvalue weighted by Crippen LogP contribution is 2.34. The zero-order valence-electron chi connectivity index (χ0n) is 13.3. The predicted octanol–water partition coefficient (Wildman–Crippen LogP) is 3.12. The molecule has 0 aliphatic carbocycles. The molecule has 1 N–H and O–H groups in total. The normalized spacial score (nSPS) is 24.4. The van der Waals surface area contributed by atoms with Crippen LogP contribution in [0.2, 0.25) is 0 Å². The van der Waals surface area contributed by atoms with Crippen LogP contribution in [0.4, 0.5) is 0 Å². The molecule has 2 heterocycles. The quantitative estimate of drug-likeness (QED) is 0.902. The lowest BCUT2D eigenvalue weighted by atomic mass is 10.0. The van der Waals surface area contributed by atoms with Gasteiger partial charge in [-0.2, -0.15) is 4.31 Å². The maximum Gasteiger partial charge on any atom is 0.244 e. The van der Waals surface area contributed by atoms with E-state index < -0.39 is 10.0 Å². The highest BCUT2D eigenvalue weighted by Gasteiger charge is 2.38. The standard InChI is InChI=1S/C15H26N2O2S2/c1-5-16-9-14-15(11(2)10-20-14)21(18,19)17-12(3)7-6-8-13(17)4/h10,12-13,16H,5-9H2,1-4H3/t12-,13+. The van der Waals surface area contributed by atoms with Gasteiger partial charge in [-0.3, -0.25) is 0 Å². The minimum atomic E-state index is -3.41. The summed E-state index contributed by atoms with van der Waals surface area (Å²) < 4.78 is 28.1. The highest BCUT2D eigenvalue weighted by molar-refractivity contribution is 7.89. The highest BCUT2D eigenvalue weighted by atomic mass is 32.2. The van der Waals surface area contributed by atoms with Crippen molar-refractivity contribution in [2.75, 3.05) is 6.54 Å². The Balaban J connectivity index is 2.41. The Morgan fingerprint density at radius 3 is 2.52 bits per heavy atom. The molecule has 1 aromatic heterocycles. The van der Waals surface area contributed by atoms with Gasteiger partial charge in [0.15, 0.2) is 0 Å². The van der Waals surface area contributed by atoms with Gasteiger partial charge in [0.1, 0.15) is 4.90 Å². The van der Waals surface area contributed by atoms with Crippen molar-refractivity contribution in [3.8, 4) is 0 Å². The van der Waals surface area contributed by atoms with Crippen LogP contribution >= 0.6 is 11.3 Å². The van der Waals surface area contributed by atoms with E-state index in [1.165, 1.54) is 0 Å². The van der Waals surface area contributed by atoms with Crippen molar-refractivity contribution >= 4 is 21.4 Å². The summed E-state index contributed by atoms with van der Waals surface area (Å²) in [5.74, 6) is 0. The van der Waals surface area contributed by atoms with Gasteiger partial charge >= 0.3 is 0 Å². The average Bonchev–Trinajstić information content (AvgIpc) is 2.77. The van der Waals surface area contributed by atoms with E-state index in [1.807, 2.05) is 33.1 Å². The van der Waals surface area contributed by atoms with Crippen LogP contribution in [-0.4, -0.2) is 31.4 Å². The first-order valence-electron chi connectivity index (χ1n) is 7.70. The van der Waals surface area contributed by atoms with E-state index in [1.54, 1.807) is 15.6 Å². The number of aryl methyl sites for hydroxylation is 1. The van der Waals surface area contributed by atoms with Crippen LogP contribution in [0.25, 0.3) is 0 Å². The molecule has 0 unspecified atom stereocenters. The SMILES string of the molecule is CCNCc1scc(C)c1S(=O)(=O)N1[C@H](C)CCC[C@@H]1C. The van der Waals surface area contributed by atoms with Crippen molar-refractivity contribution in [2.45, 2.75) is 70.5 Å². The topological polar surface area (TPSA) is 49.4 Å². The van der Waals surface area contributed by atoms with Gasteiger partial charge in [-0.1, -0.05) is 13.3 Å². The van der Waals surface area contributed by atoms with Crippen molar-refractivity contribution in [2.24, 2.45) is 0 Å². The smallest absolute Gasteiger partial charge is 0.244 e. The van der Waals surface area contributed by atoms with E-state index in [0.29, 0.717) is 11.4 Å². The molecule has 0 aromatic carbocycles. The fourth-order valence-electron chi connectivity index (χ4n) is 3.17. The number of piperidine rings is 1. The second-order valence-electron chi connectivity index (χ2n) is 5.92. The van der Waals surface area contributed by atoms with Crippen molar-refractivity contribution in [1.29, 1.82) is 0 Å². The van der Waals surface area contributed by atoms with Crippen LogP contribution in [0.3, 0.4) is 0 Å². The molecule has 2 rings (SSSR count). The van der Waals surface area contributed by atoms with Crippen molar-refractivity contribution < 1.29 is 8.42 Å². The van der Waals surface area contributed by atoms with Crippen molar-refractivity contribution in [3.05, 3.63) is 15.8 Å². The van der Waals surface area contributed by atoms with Crippen LogP contribution in [0.15, 0.2) is 10.3 Å². The third kappa shape index (κ3) is 3.33. The molecule has 1 fully saturated rings. The molecule has 0 spiro atoms. The lowest BCUT2D eigenvalue weighted by Crippen LogP contribution is -2.47. The number of nitrogens with one attached hydrogen (secondary N) is 1. The minimum absolute atomic E-state index is 0.0880. The third-order valence-electron chi connectivity index (χ3n) is 4.17. The molecule has 0 amide bonds. The maximum absolute atomic E-state index is 13.2. The molecule has 21 heavy (non-hydrogen) atoms. The number of thiophene rings is 1. The Morgan fingerprint density at radius 2 is 1.95 bits per heavy atom. The largest absolute Gasteiger partial charge is 0.312 e. The molecular weight excluding hydrogens is 304 g/mol. The summed E-state index contributed by atoms with van der Waals surface area (Å²) in [6.07, 6.45) is 3.02. The summed E-state index contributed by atoms with van der Waals surface area (Å²) in [5, 5.41) is 5.20. The van der Waals surface area contributed by atoms with Crippen molar-refractivity contribution in [1.82, 2.24) is 9.62 Å². The second kappa shape index (κ2) is 6.77. The number of sulfonamides is 1. The Labute approximate surface area is 132 Å². The van der Waals surface area contributed by atoms with E-state index in [-0.39, 0.29) is 12.1 Å². The summed E-state index contributed by atoms with van der Waals surface area (Å²) in [6, 6.07) is 0.176. The predicted molar refractivity (Wildman–Crippen MR) is 88.2 cm³/mol. The lowest BCUT2D eigenvalue weighted by Gasteiger charge is -2.38. The molecule has 0 saturated carbocycles. The molecule has 0 radical (unpaired) electrons. The van der Waals surface area contributed by atoms with Crippen molar-refractivity contribution in [3.63, 3.8) is 0 Å². The van der Waals surface area contributed by atoms with Gasteiger partial charge in [0.25, 0.3) is 0 Å². The Morgan fingerprint density at radius 1 is 1.33 bits per heavy atom. The van der Waals surface area contributed by atoms with E-state index >= 15 is 0 Å². The van der Waals surface area contributed by atoms with E-state index in [9.17, 15) is 8.42 Å². The first-order chi connectivity index (χ1) is 9.89. The average molecular weight is 331 g/mol. The molecule has 1 aromatic rings. The molecule has 1 saturated heterocycles. The Hall–Kier alpha value is -0.430. The Bertz CT molecular complexity index is 570. The molecule has 2 atom stereocenters.